The zero-order valence-electron chi connectivity index (χ0n) is 13.8. The van der Waals surface area contributed by atoms with E-state index in [1.807, 2.05) is 30.3 Å². The first-order valence-electron chi connectivity index (χ1n) is 7.64. The van der Waals surface area contributed by atoms with Gasteiger partial charge in [-0.3, -0.25) is 5.43 Å². The van der Waals surface area contributed by atoms with Gasteiger partial charge in [-0.1, -0.05) is 32.0 Å². The third-order valence-electron chi connectivity index (χ3n) is 3.36. The molecule has 2 aromatic rings. The van der Waals surface area contributed by atoms with Crippen LogP contribution in [0.25, 0.3) is 0 Å². The quantitative estimate of drug-likeness (QED) is 0.614. The zero-order valence-corrected chi connectivity index (χ0v) is 13.8. The van der Waals surface area contributed by atoms with Crippen molar-refractivity contribution in [2.75, 3.05) is 12.0 Å². The van der Waals surface area contributed by atoms with E-state index in [2.05, 4.69) is 50.4 Å². The van der Waals surface area contributed by atoms with Crippen LogP contribution in [-0.4, -0.2) is 12.8 Å². The average Bonchev–Trinajstić information content (AvgIpc) is 2.49. The van der Waals surface area contributed by atoms with Gasteiger partial charge in [0.05, 0.1) is 18.5 Å². The van der Waals surface area contributed by atoms with E-state index >= 15 is 0 Å². The first kappa shape index (κ1) is 16.1. The van der Waals surface area contributed by atoms with Gasteiger partial charge in [0.1, 0.15) is 5.75 Å². The van der Waals surface area contributed by atoms with Crippen molar-refractivity contribution in [2.24, 2.45) is 11.0 Å². The van der Waals surface area contributed by atoms with E-state index < -0.39 is 0 Å². The summed E-state index contributed by atoms with van der Waals surface area (Å²) in [6.45, 7) is 9.20. The lowest BCUT2D eigenvalue weighted by Crippen LogP contribution is -2.04. The normalized spacial score (nSPS) is 11.1. The van der Waals surface area contributed by atoms with Gasteiger partial charge in [-0.15, -0.1) is 0 Å². The summed E-state index contributed by atoms with van der Waals surface area (Å²) < 4.78 is 5.72. The number of nitrogens with zero attached hydrogens (tertiary/aromatic N) is 1. The van der Waals surface area contributed by atoms with Gasteiger partial charge >= 0.3 is 0 Å². The van der Waals surface area contributed by atoms with Crippen molar-refractivity contribution < 1.29 is 4.74 Å². The Morgan fingerprint density at radius 3 is 2.64 bits per heavy atom. The van der Waals surface area contributed by atoms with Gasteiger partial charge < -0.3 is 4.74 Å². The highest BCUT2D eigenvalue weighted by atomic mass is 16.5. The smallest absolute Gasteiger partial charge is 0.119 e. The number of hydrogen-bond donors (Lipinski definition) is 1. The van der Waals surface area contributed by atoms with E-state index in [1.54, 1.807) is 6.21 Å². The molecule has 0 saturated heterocycles. The second-order valence-corrected chi connectivity index (χ2v) is 5.95. The summed E-state index contributed by atoms with van der Waals surface area (Å²) in [6, 6.07) is 14.2. The molecule has 0 aliphatic heterocycles. The van der Waals surface area contributed by atoms with Crippen molar-refractivity contribution in [1.82, 2.24) is 0 Å². The van der Waals surface area contributed by atoms with Crippen LogP contribution in [0.5, 0.6) is 5.75 Å². The number of anilines is 1. The molecule has 3 heteroatoms. The van der Waals surface area contributed by atoms with Crippen LogP contribution in [0.3, 0.4) is 0 Å². The molecule has 2 aromatic carbocycles. The molecule has 0 bridgehead atoms. The minimum Gasteiger partial charge on any atom is -0.493 e. The molecule has 0 radical (unpaired) electrons. The topological polar surface area (TPSA) is 33.6 Å². The van der Waals surface area contributed by atoms with Crippen LogP contribution in [0, 0.1) is 19.8 Å². The fourth-order valence-electron chi connectivity index (χ4n) is 1.94. The maximum Gasteiger partial charge on any atom is 0.119 e. The van der Waals surface area contributed by atoms with Gasteiger partial charge in [-0.05, 0) is 60.7 Å². The van der Waals surface area contributed by atoms with Crippen LogP contribution in [0.4, 0.5) is 5.69 Å². The van der Waals surface area contributed by atoms with Crippen LogP contribution < -0.4 is 10.2 Å². The van der Waals surface area contributed by atoms with Crippen molar-refractivity contribution in [2.45, 2.75) is 27.7 Å². The maximum atomic E-state index is 5.72. The fraction of sp³-hybridized carbons (Fsp3) is 0.316. The number of hydrazone groups is 1. The minimum absolute atomic E-state index is 0.517. The third kappa shape index (κ3) is 4.92. The molecular weight excluding hydrogens is 272 g/mol. The Morgan fingerprint density at radius 1 is 1.09 bits per heavy atom. The standard InChI is InChI=1S/C19H24N2O/c1-14(2)13-22-19-7-5-6-17(11-19)12-20-21-18-9-8-15(3)16(4)10-18/h5-12,14,21H,13H2,1-4H3/b20-12+. The molecule has 0 aliphatic rings. The summed E-state index contributed by atoms with van der Waals surface area (Å²) in [5.41, 5.74) is 7.60. The Balaban J connectivity index is 1.97. The van der Waals surface area contributed by atoms with E-state index in [9.17, 15) is 0 Å². The summed E-state index contributed by atoms with van der Waals surface area (Å²) >= 11 is 0. The number of rotatable bonds is 6. The van der Waals surface area contributed by atoms with E-state index in [-0.39, 0.29) is 0 Å². The molecule has 0 aliphatic carbocycles. The Kier molecular flexibility index (Phi) is 5.59. The van der Waals surface area contributed by atoms with Crippen LogP contribution in [0.2, 0.25) is 0 Å². The third-order valence-corrected chi connectivity index (χ3v) is 3.36. The molecule has 0 heterocycles. The number of ether oxygens (including phenoxy) is 1. The zero-order chi connectivity index (χ0) is 15.9. The Hall–Kier alpha value is -2.29. The highest BCUT2D eigenvalue weighted by Crippen LogP contribution is 2.15. The molecule has 2 rings (SSSR count). The summed E-state index contributed by atoms with van der Waals surface area (Å²) in [5, 5.41) is 4.29. The number of benzene rings is 2. The van der Waals surface area contributed by atoms with Gasteiger partial charge in [0.15, 0.2) is 0 Å². The first-order valence-corrected chi connectivity index (χ1v) is 7.64. The van der Waals surface area contributed by atoms with E-state index in [0.717, 1.165) is 23.6 Å². The molecule has 22 heavy (non-hydrogen) atoms. The lowest BCUT2D eigenvalue weighted by atomic mass is 10.1. The lowest BCUT2D eigenvalue weighted by molar-refractivity contribution is 0.271. The van der Waals surface area contributed by atoms with Gasteiger partial charge in [-0.25, -0.2) is 0 Å². The predicted octanol–water partition coefficient (Wildman–Crippen LogP) is 4.78. The molecule has 0 spiro atoms. The van der Waals surface area contributed by atoms with Crippen molar-refractivity contribution in [3.05, 3.63) is 59.2 Å². The van der Waals surface area contributed by atoms with E-state index in [1.165, 1.54) is 11.1 Å². The van der Waals surface area contributed by atoms with Gasteiger partial charge in [0.2, 0.25) is 0 Å². The molecular formula is C19H24N2O. The Morgan fingerprint density at radius 2 is 1.91 bits per heavy atom. The van der Waals surface area contributed by atoms with Crippen molar-refractivity contribution in [3.63, 3.8) is 0 Å². The van der Waals surface area contributed by atoms with Crippen molar-refractivity contribution >= 4 is 11.9 Å². The molecule has 0 atom stereocenters. The van der Waals surface area contributed by atoms with Crippen molar-refractivity contribution in [3.8, 4) is 5.75 Å². The summed E-state index contributed by atoms with van der Waals surface area (Å²) in [7, 11) is 0. The number of hydrogen-bond acceptors (Lipinski definition) is 3. The molecule has 3 nitrogen and oxygen atoms in total. The second-order valence-electron chi connectivity index (χ2n) is 5.95. The summed E-state index contributed by atoms with van der Waals surface area (Å²) in [6.07, 6.45) is 1.80. The predicted molar refractivity (Wildman–Crippen MR) is 93.9 cm³/mol. The number of nitrogens with one attached hydrogen (secondary N) is 1. The molecule has 0 aromatic heterocycles. The first-order chi connectivity index (χ1) is 10.5. The largest absolute Gasteiger partial charge is 0.493 e. The Bertz CT molecular complexity index is 648. The second kappa shape index (κ2) is 7.64. The molecule has 116 valence electrons. The van der Waals surface area contributed by atoms with Crippen LogP contribution in [-0.2, 0) is 0 Å². The van der Waals surface area contributed by atoms with Gasteiger partial charge in [-0.2, -0.15) is 5.10 Å². The molecule has 1 N–H and O–H groups in total. The highest BCUT2D eigenvalue weighted by molar-refractivity contribution is 5.80. The molecule has 0 unspecified atom stereocenters. The van der Waals surface area contributed by atoms with Gasteiger partial charge in [0.25, 0.3) is 0 Å². The maximum absolute atomic E-state index is 5.72. The van der Waals surface area contributed by atoms with E-state index in [4.69, 9.17) is 4.74 Å². The number of aryl methyl sites for hydroxylation is 2. The Labute approximate surface area is 133 Å². The molecule has 0 amide bonds. The van der Waals surface area contributed by atoms with Crippen LogP contribution >= 0.6 is 0 Å². The van der Waals surface area contributed by atoms with Crippen LogP contribution in [0.1, 0.15) is 30.5 Å². The highest BCUT2D eigenvalue weighted by Gasteiger charge is 1.98. The summed E-state index contributed by atoms with van der Waals surface area (Å²) in [4.78, 5) is 0. The van der Waals surface area contributed by atoms with Crippen LogP contribution in [0.15, 0.2) is 47.6 Å². The minimum atomic E-state index is 0.517. The SMILES string of the molecule is Cc1ccc(N/N=C/c2cccc(OCC(C)C)c2)cc1C. The average molecular weight is 296 g/mol. The fourth-order valence-corrected chi connectivity index (χ4v) is 1.94. The summed E-state index contributed by atoms with van der Waals surface area (Å²) in [5.74, 6) is 1.40. The van der Waals surface area contributed by atoms with Crippen molar-refractivity contribution in [1.29, 1.82) is 0 Å². The molecule has 0 saturated carbocycles. The molecule has 0 fully saturated rings. The van der Waals surface area contributed by atoms with Gasteiger partial charge in [0, 0.05) is 0 Å². The monoisotopic (exact) mass is 296 g/mol. The lowest BCUT2D eigenvalue weighted by Gasteiger charge is -2.08. The van der Waals surface area contributed by atoms with E-state index in [0.29, 0.717) is 5.92 Å².